The van der Waals surface area contributed by atoms with Gasteiger partial charge in [-0.15, -0.1) is 0 Å². The molecule has 0 bridgehead atoms. The van der Waals surface area contributed by atoms with Gasteiger partial charge in [0.15, 0.2) is 0 Å². The molecule has 5 heteroatoms. The maximum atomic E-state index is 13.6. The average Bonchev–Trinajstić information content (AvgIpc) is 2.40. The number of nitrogens with one attached hydrogen (secondary N) is 1. The summed E-state index contributed by atoms with van der Waals surface area (Å²) in [4.78, 5) is 0. The summed E-state index contributed by atoms with van der Waals surface area (Å²) in [6.45, 7) is 2.66. The van der Waals surface area contributed by atoms with E-state index in [1.54, 1.807) is 12.1 Å². The summed E-state index contributed by atoms with van der Waals surface area (Å²) in [6.07, 6.45) is 0.521. The SMILES string of the molecule is CCNC(Cc1cc(F)cc(Br)c1)c1cccc(F)c1Cl. The molecular formula is C16H15BrClF2N. The van der Waals surface area contributed by atoms with E-state index in [4.69, 9.17) is 11.6 Å². The van der Waals surface area contributed by atoms with Crippen LogP contribution in [0.25, 0.3) is 0 Å². The average molecular weight is 375 g/mol. The van der Waals surface area contributed by atoms with Crippen molar-refractivity contribution in [3.05, 3.63) is 68.7 Å². The summed E-state index contributed by atoms with van der Waals surface area (Å²) < 4.78 is 27.8. The fraction of sp³-hybridized carbons (Fsp3) is 0.250. The van der Waals surface area contributed by atoms with Crippen LogP contribution in [0.1, 0.15) is 24.1 Å². The summed E-state index contributed by atoms with van der Waals surface area (Å²) in [5.74, 6) is -0.752. The molecule has 2 aromatic rings. The summed E-state index contributed by atoms with van der Waals surface area (Å²) >= 11 is 9.33. The van der Waals surface area contributed by atoms with Crippen molar-refractivity contribution in [2.45, 2.75) is 19.4 Å². The molecular weight excluding hydrogens is 360 g/mol. The molecule has 0 aliphatic carbocycles. The largest absolute Gasteiger partial charge is 0.310 e. The number of hydrogen-bond acceptors (Lipinski definition) is 1. The van der Waals surface area contributed by atoms with Crippen LogP contribution in [0.4, 0.5) is 8.78 Å². The molecule has 0 spiro atoms. The number of rotatable bonds is 5. The first kappa shape index (κ1) is 16.4. The minimum Gasteiger partial charge on any atom is -0.310 e. The predicted molar refractivity (Wildman–Crippen MR) is 85.6 cm³/mol. The zero-order valence-corrected chi connectivity index (χ0v) is 13.8. The molecule has 2 aromatic carbocycles. The highest BCUT2D eigenvalue weighted by Crippen LogP contribution is 2.29. The fourth-order valence-corrected chi connectivity index (χ4v) is 3.06. The van der Waals surface area contributed by atoms with E-state index in [-0.39, 0.29) is 16.9 Å². The topological polar surface area (TPSA) is 12.0 Å². The molecule has 21 heavy (non-hydrogen) atoms. The zero-order valence-electron chi connectivity index (χ0n) is 11.5. The summed E-state index contributed by atoms with van der Waals surface area (Å²) in [5.41, 5.74) is 1.49. The third kappa shape index (κ3) is 4.25. The lowest BCUT2D eigenvalue weighted by atomic mass is 9.98. The minimum atomic E-state index is -0.447. The van der Waals surface area contributed by atoms with E-state index in [0.29, 0.717) is 23.0 Å². The van der Waals surface area contributed by atoms with E-state index in [9.17, 15) is 8.78 Å². The van der Waals surface area contributed by atoms with Crippen LogP contribution in [0.2, 0.25) is 5.02 Å². The molecule has 0 fully saturated rings. The molecule has 1 unspecified atom stereocenters. The molecule has 1 nitrogen and oxygen atoms in total. The molecule has 0 aliphatic heterocycles. The predicted octanol–water partition coefficient (Wildman–Crippen LogP) is 5.27. The highest BCUT2D eigenvalue weighted by molar-refractivity contribution is 9.10. The Hall–Kier alpha value is -0.970. The van der Waals surface area contributed by atoms with E-state index in [1.807, 2.05) is 13.0 Å². The second-order valence-electron chi connectivity index (χ2n) is 4.74. The van der Waals surface area contributed by atoms with Gasteiger partial charge >= 0.3 is 0 Å². The second kappa shape index (κ2) is 7.34. The number of hydrogen-bond donors (Lipinski definition) is 1. The fourth-order valence-electron chi connectivity index (χ4n) is 2.29. The third-order valence-corrected chi connectivity index (χ3v) is 4.03. The van der Waals surface area contributed by atoms with Gasteiger partial charge in [0, 0.05) is 10.5 Å². The van der Waals surface area contributed by atoms with E-state index in [1.165, 1.54) is 18.2 Å². The van der Waals surface area contributed by atoms with Gasteiger partial charge in [0.25, 0.3) is 0 Å². The van der Waals surface area contributed by atoms with Crippen LogP contribution in [-0.2, 0) is 6.42 Å². The van der Waals surface area contributed by atoms with Crippen LogP contribution >= 0.6 is 27.5 Å². The van der Waals surface area contributed by atoms with Crippen molar-refractivity contribution in [2.24, 2.45) is 0 Å². The van der Waals surface area contributed by atoms with Crippen LogP contribution in [0, 0.1) is 11.6 Å². The van der Waals surface area contributed by atoms with Crippen LogP contribution in [-0.4, -0.2) is 6.54 Å². The molecule has 1 N–H and O–H groups in total. The zero-order chi connectivity index (χ0) is 15.4. The molecule has 0 heterocycles. The smallest absolute Gasteiger partial charge is 0.142 e. The molecule has 0 radical (unpaired) electrons. The third-order valence-electron chi connectivity index (χ3n) is 3.17. The van der Waals surface area contributed by atoms with Crippen LogP contribution in [0.3, 0.4) is 0 Å². The van der Waals surface area contributed by atoms with Crippen molar-refractivity contribution in [3.63, 3.8) is 0 Å². The first-order valence-electron chi connectivity index (χ1n) is 6.63. The monoisotopic (exact) mass is 373 g/mol. The lowest BCUT2D eigenvalue weighted by Gasteiger charge is -2.20. The van der Waals surface area contributed by atoms with Gasteiger partial charge in [0.05, 0.1) is 5.02 Å². The van der Waals surface area contributed by atoms with Crippen LogP contribution < -0.4 is 5.32 Å². The maximum Gasteiger partial charge on any atom is 0.142 e. The first-order valence-corrected chi connectivity index (χ1v) is 7.80. The molecule has 0 aromatic heterocycles. The number of halogens is 4. The van der Waals surface area contributed by atoms with Gasteiger partial charge in [0.1, 0.15) is 11.6 Å². The Balaban J connectivity index is 2.32. The Morgan fingerprint density at radius 2 is 2.00 bits per heavy atom. The van der Waals surface area contributed by atoms with E-state index < -0.39 is 5.82 Å². The molecule has 2 rings (SSSR count). The summed E-state index contributed by atoms with van der Waals surface area (Å²) in [6, 6.07) is 9.29. The maximum absolute atomic E-state index is 13.6. The molecule has 112 valence electrons. The molecule has 0 saturated carbocycles. The van der Waals surface area contributed by atoms with Gasteiger partial charge in [-0.3, -0.25) is 0 Å². The van der Waals surface area contributed by atoms with Crippen LogP contribution in [0.5, 0.6) is 0 Å². The van der Waals surface area contributed by atoms with E-state index in [0.717, 1.165) is 5.56 Å². The second-order valence-corrected chi connectivity index (χ2v) is 6.03. The number of likely N-dealkylation sites (N-methyl/N-ethyl adjacent to an activating group) is 1. The van der Waals surface area contributed by atoms with Crippen molar-refractivity contribution in [1.29, 1.82) is 0 Å². The van der Waals surface area contributed by atoms with E-state index in [2.05, 4.69) is 21.2 Å². The van der Waals surface area contributed by atoms with Gasteiger partial charge in [-0.2, -0.15) is 0 Å². The standard InChI is InChI=1S/C16H15BrClF2N/c1-2-21-15(13-4-3-5-14(20)16(13)18)8-10-6-11(17)9-12(19)7-10/h3-7,9,15,21H,2,8H2,1H3. The highest BCUT2D eigenvalue weighted by Gasteiger charge is 2.17. The minimum absolute atomic E-state index is 0.110. The van der Waals surface area contributed by atoms with Gasteiger partial charge in [-0.1, -0.05) is 46.6 Å². The molecule has 0 saturated heterocycles. The van der Waals surface area contributed by atoms with Crippen molar-refractivity contribution >= 4 is 27.5 Å². The lowest BCUT2D eigenvalue weighted by molar-refractivity contribution is 0.540. The Kier molecular flexibility index (Phi) is 5.73. The van der Waals surface area contributed by atoms with Gasteiger partial charge in [0.2, 0.25) is 0 Å². The van der Waals surface area contributed by atoms with Gasteiger partial charge in [-0.05, 0) is 48.4 Å². The normalized spacial score (nSPS) is 12.4. The van der Waals surface area contributed by atoms with Gasteiger partial charge in [-0.25, -0.2) is 8.78 Å². The van der Waals surface area contributed by atoms with Crippen molar-refractivity contribution in [1.82, 2.24) is 5.32 Å². The Morgan fingerprint density at radius 1 is 1.24 bits per heavy atom. The number of benzene rings is 2. The van der Waals surface area contributed by atoms with E-state index >= 15 is 0 Å². The Morgan fingerprint density at radius 3 is 2.67 bits per heavy atom. The van der Waals surface area contributed by atoms with Crippen molar-refractivity contribution in [3.8, 4) is 0 Å². The molecule has 0 aliphatic rings. The highest BCUT2D eigenvalue weighted by atomic mass is 79.9. The van der Waals surface area contributed by atoms with Gasteiger partial charge < -0.3 is 5.32 Å². The summed E-state index contributed by atoms with van der Waals surface area (Å²) in [5, 5.41) is 3.38. The molecule has 1 atom stereocenters. The quantitative estimate of drug-likeness (QED) is 0.751. The Labute approximate surface area is 136 Å². The molecule has 0 amide bonds. The summed E-state index contributed by atoms with van der Waals surface area (Å²) in [7, 11) is 0. The van der Waals surface area contributed by atoms with Crippen molar-refractivity contribution in [2.75, 3.05) is 6.54 Å². The first-order chi connectivity index (χ1) is 10.0. The lowest BCUT2D eigenvalue weighted by Crippen LogP contribution is -2.23. The van der Waals surface area contributed by atoms with Crippen molar-refractivity contribution < 1.29 is 8.78 Å². The van der Waals surface area contributed by atoms with Crippen LogP contribution in [0.15, 0.2) is 40.9 Å². The Bertz CT molecular complexity index is 613.